The summed E-state index contributed by atoms with van der Waals surface area (Å²) in [6.07, 6.45) is -1.39. The van der Waals surface area contributed by atoms with Crippen LogP contribution < -0.4 is 0 Å². The van der Waals surface area contributed by atoms with Crippen LogP contribution in [0.2, 0.25) is 0 Å². The molecule has 0 radical (unpaired) electrons. The number of ether oxygens (including phenoxy) is 6. The molecule has 0 N–H and O–H groups in total. The first kappa shape index (κ1) is 22.4. The Morgan fingerprint density at radius 1 is 1.13 bits per heavy atom. The molecule has 10 nitrogen and oxygen atoms in total. The summed E-state index contributed by atoms with van der Waals surface area (Å²) in [5.74, 6) is -3.12. The van der Waals surface area contributed by atoms with Crippen LogP contribution in [0.3, 0.4) is 0 Å². The lowest BCUT2D eigenvalue weighted by Gasteiger charge is -2.30. The summed E-state index contributed by atoms with van der Waals surface area (Å²) in [4.78, 5) is 39.9. The van der Waals surface area contributed by atoms with Crippen LogP contribution in [0.1, 0.15) is 33.1 Å². The van der Waals surface area contributed by atoms with Crippen LogP contribution in [0, 0.1) is 11.8 Å². The molecule has 174 valence electrons. The second kappa shape index (κ2) is 9.81. The molecule has 0 amide bonds. The Morgan fingerprint density at radius 2 is 1.90 bits per heavy atom. The number of esters is 3. The molecule has 2 bridgehead atoms. The van der Waals surface area contributed by atoms with Crippen LogP contribution >= 0.6 is 0 Å². The molecular formula is C21H31NO9. The van der Waals surface area contributed by atoms with Gasteiger partial charge < -0.3 is 28.4 Å². The predicted octanol–water partition coefficient (Wildman–Crippen LogP) is 0.265. The smallest absolute Gasteiger partial charge is 0.320 e. The van der Waals surface area contributed by atoms with Crippen molar-refractivity contribution in [3.05, 3.63) is 0 Å². The van der Waals surface area contributed by atoms with E-state index < -0.39 is 60.4 Å². The minimum atomic E-state index is -0.873. The van der Waals surface area contributed by atoms with Gasteiger partial charge in [-0.3, -0.25) is 19.3 Å². The van der Waals surface area contributed by atoms with E-state index in [0.717, 1.165) is 12.8 Å². The predicted molar refractivity (Wildman–Crippen MR) is 104 cm³/mol. The Bertz CT molecular complexity index is 680. The van der Waals surface area contributed by atoms with Crippen molar-refractivity contribution in [1.29, 1.82) is 0 Å². The van der Waals surface area contributed by atoms with Crippen LogP contribution in [-0.2, 0) is 42.8 Å². The number of morpholine rings is 1. The first-order valence-electron chi connectivity index (χ1n) is 11.2. The molecule has 0 aromatic heterocycles. The molecule has 0 aliphatic carbocycles. The number of hydrogen-bond acceptors (Lipinski definition) is 10. The van der Waals surface area contributed by atoms with Crippen molar-refractivity contribution in [1.82, 2.24) is 4.90 Å². The number of carbonyl (C=O) groups is 3. The van der Waals surface area contributed by atoms with E-state index >= 15 is 0 Å². The quantitative estimate of drug-likeness (QED) is 0.266. The third kappa shape index (κ3) is 4.57. The van der Waals surface area contributed by atoms with Gasteiger partial charge in [-0.1, -0.05) is 20.3 Å². The summed E-state index contributed by atoms with van der Waals surface area (Å²) in [7, 11) is 0. The van der Waals surface area contributed by atoms with E-state index in [9.17, 15) is 14.4 Å². The molecule has 7 unspecified atom stereocenters. The Morgan fingerprint density at radius 3 is 2.61 bits per heavy atom. The van der Waals surface area contributed by atoms with Crippen LogP contribution in [0.5, 0.6) is 0 Å². The zero-order chi connectivity index (χ0) is 22.0. The molecule has 4 aliphatic heterocycles. The fourth-order valence-corrected chi connectivity index (χ4v) is 4.74. The van der Waals surface area contributed by atoms with Crippen molar-refractivity contribution in [3.63, 3.8) is 0 Å². The van der Waals surface area contributed by atoms with Crippen LogP contribution in [-0.4, -0.2) is 93.0 Å². The van der Waals surface area contributed by atoms with Crippen molar-refractivity contribution < 1.29 is 42.8 Å². The largest absolute Gasteiger partial charge is 0.455 e. The number of hydrogen-bond donors (Lipinski definition) is 0. The maximum Gasteiger partial charge on any atom is 0.320 e. The zero-order valence-electron chi connectivity index (χ0n) is 18.0. The highest BCUT2D eigenvalue weighted by molar-refractivity contribution is 5.87. The van der Waals surface area contributed by atoms with E-state index in [-0.39, 0.29) is 6.54 Å². The van der Waals surface area contributed by atoms with Gasteiger partial charge >= 0.3 is 17.9 Å². The summed E-state index contributed by atoms with van der Waals surface area (Å²) in [6, 6.07) is 0. The van der Waals surface area contributed by atoms with Crippen LogP contribution in [0.15, 0.2) is 0 Å². The van der Waals surface area contributed by atoms with Gasteiger partial charge in [-0.05, 0) is 6.42 Å². The molecule has 4 saturated heterocycles. The van der Waals surface area contributed by atoms with Gasteiger partial charge in [0.25, 0.3) is 0 Å². The number of carbonyl (C=O) groups excluding carboxylic acids is 3. The molecule has 7 atom stereocenters. The second-order valence-electron chi connectivity index (χ2n) is 8.39. The molecule has 4 aliphatic rings. The molecule has 31 heavy (non-hydrogen) atoms. The van der Waals surface area contributed by atoms with Gasteiger partial charge in [-0.25, -0.2) is 0 Å². The van der Waals surface area contributed by atoms with Gasteiger partial charge in [-0.2, -0.15) is 0 Å². The third-order valence-electron chi connectivity index (χ3n) is 6.18. The van der Waals surface area contributed by atoms with Gasteiger partial charge in [0.1, 0.15) is 24.0 Å². The SMILES string of the molecule is CCCOC(CCC)OC(=O)C1C2OC3C(OC(=O)C31)C2OC(=O)CN1CCOCC1. The second-order valence-corrected chi connectivity index (χ2v) is 8.39. The third-order valence-corrected chi connectivity index (χ3v) is 6.18. The Balaban J connectivity index is 1.41. The van der Waals surface area contributed by atoms with E-state index in [1.165, 1.54) is 0 Å². The molecule has 4 fully saturated rings. The summed E-state index contributed by atoms with van der Waals surface area (Å²) in [6.45, 7) is 6.96. The average molecular weight is 441 g/mol. The molecule has 0 aromatic carbocycles. The van der Waals surface area contributed by atoms with Crippen molar-refractivity contribution >= 4 is 17.9 Å². The topological polar surface area (TPSA) is 110 Å². The van der Waals surface area contributed by atoms with Gasteiger partial charge in [-0.15, -0.1) is 0 Å². The van der Waals surface area contributed by atoms with Gasteiger partial charge in [0.2, 0.25) is 6.29 Å². The molecule has 4 rings (SSSR count). The number of fused-ring (bicyclic) bond motifs is 1. The molecule has 0 aromatic rings. The standard InChI is InChI=1S/C21H31NO9/c1-3-5-13(27-8-4-2)29-20(24)14-15-17-19(31-21(15)25)18(16(14)30-17)28-12(23)11-22-6-9-26-10-7-22/h13-19H,3-11H2,1-2H3. The Labute approximate surface area is 181 Å². The first-order chi connectivity index (χ1) is 15.0. The van der Waals surface area contributed by atoms with Crippen molar-refractivity contribution in [3.8, 4) is 0 Å². The van der Waals surface area contributed by atoms with E-state index in [1.54, 1.807) is 0 Å². The van der Waals surface area contributed by atoms with Gasteiger partial charge in [0.15, 0.2) is 12.2 Å². The molecule has 4 heterocycles. The number of nitrogens with zero attached hydrogens (tertiary/aromatic N) is 1. The minimum absolute atomic E-state index is 0.111. The Kier molecular flexibility index (Phi) is 7.10. The molecule has 10 heteroatoms. The number of rotatable bonds is 10. The highest BCUT2D eigenvalue weighted by Gasteiger charge is 2.72. The normalized spacial score (nSPS) is 35.1. The molecular weight excluding hydrogens is 410 g/mol. The fraction of sp³-hybridized carbons (Fsp3) is 0.857. The highest BCUT2D eigenvalue weighted by Crippen LogP contribution is 2.51. The van der Waals surface area contributed by atoms with E-state index in [4.69, 9.17) is 28.4 Å². The van der Waals surface area contributed by atoms with E-state index in [1.807, 2.05) is 18.7 Å². The summed E-state index contributed by atoms with van der Waals surface area (Å²) in [5, 5.41) is 0. The van der Waals surface area contributed by atoms with Crippen molar-refractivity contribution in [2.24, 2.45) is 11.8 Å². The van der Waals surface area contributed by atoms with Gasteiger partial charge in [0, 0.05) is 19.5 Å². The molecule has 0 spiro atoms. The lowest BCUT2D eigenvalue weighted by atomic mass is 9.78. The highest BCUT2D eigenvalue weighted by atomic mass is 16.7. The van der Waals surface area contributed by atoms with Crippen molar-refractivity contribution in [2.75, 3.05) is 39.5 Å². The lowest BCUT2D eigenvalue weighted by molar-refractivity contribution is -0.190. The van der Waals surface area contributed by atoms with Gasteiger partial charge in [0.05, 0.1) is 26.4 Å². The maximum atomic E-state index is 13.0. The van der Waals surface area contributed by atoms with E-state index in [0.29, 0.717) is 39.3 Å². The minimum Gasteiger partial charge on any atom is -0.455 e. The first-order valence-corrected chi connectivity index (χ1v) is 11.2. The fourth-order valence-electron chi connectivity index (χ4n) is 4.74. The van der Waals surface area contributed by atoms with Crippen LogP contribution in [0.25, 0.3) is 0 Å². The Hall–Kier alpha value is -1.75. The summed E-state index contributed by atoms with van der Waals surface area (Å²) < 4.78 is 33.5. The van der Waals surface area contributed by atoms with E-state index in [2.05, 4.69) is 0 Å². The lowest BCUT2D eigenvalue weighted by Crippen LogP contribution is -2.49. The maximum absolute atomic E-state index is 13.0. The summed E-state index contributed by atoms with van der Waals surface area (Å²) in [5.41, 5.74) is 0. The average Bonchev–Trinajstić information content (AvgIpc) is 3.36. The zero-order valence-corrected chi connectivity index (χ0v) is 18.0. The van der Waals surface area contributed by atoms with Crippen molar-refractivity contribution in [2.45, 2.75) is 63.8 Å². The monoisotopic (exact) mass is 441 g/mol. The summed E-state index contributed by atoms with van der Waals surface area (Å²) >= 11 is 0. The molecule has 0 saturated carbocycles. The van der Waals surface area contributed by atoms with Crippen LogP contribution in [0.4, 0.5) is 0 Å².